The molecule has 3 N–H and O–H groups in total. The van der Waals surface area contributed by atoms with E-state index in [0.29, 0.717) is 5.56 Å². The second kappa shape index (κ2) is 3.87. The highest BCUT2D eigenvalue weighted by Crippen LogP contribution is 2.21. The lowest BCUT2D eigenvalue weighted by atomic mass is 10.2. The monoisotopic (exact) mass is 230 g/mol. The first kappa shape index (κ1) is 11.5. The quantitative estimate of drug-likeness (QED) is 0.729. The number of amides is 2. The lowest BCUT2D eigenvalue weighted by molar-refractivity contribution is 0.256. The molecule has 6 nitrogen and oxygen atoms in total. The molecule has 0 heterocycles. The van der Waals surface area contributed by atoms with Crippen LogP contribution in [-0.2, 0) is 10.3 Å². The highest BCUT2D eigenvalue weighted by molar-refractivity contribution is 7.88. The van der Waals surface area contributed by atoms with E-state index in [0.717, 1.165) is 0 Å². The van der Waals surface area contributed by atoms with Gasteiger partial charge in [-0.2, -0.15) is 12.7 Å². The van der Waals surface area contributed by atoms with Crippen LogP contribution in [0.3, 0.4) is 0 Å². The molecule has 0 aromatic heterocycles. The van der Waals surface area contributed by atoms with Crippen LogP contribution in [0.25, 0.3) is 0 Å². The first-order valence-corrected chi connectivity index (χ1v) is 5.36. The Morgan fingerprint density at radius 3 is 2.33 bits per heavy atom. The molecule has 0 saturated heterocycles. The maximum atomic E-state index is 10.9. The number of hydrogen-bond acceptors (Lipinski definition) is 3. The molecule has 0 radical (unpaired) electrons. The lowest BCUT2D eigenvalue weighted by Crippen LogP contribution is -2.40. The fourth-order valence-electron chi connectivity index (χ4n) is 1.15. The van der Waals surface area contributed by atoms with Crippen molar-refractivity contribution in [1.82, 2.24) is 0 Å². The number of nitrogens with two attached hydrogens (primary N) is 1. The molecule has 0 unspecified atom stereocenters. The molecule has 0 spiro atoms. The van der Waals surface area contributed by atoms with Crippen LogP contribution in [0.15, 0.2) is 24.3 Å². The zero-order valence-electron chi connectivity index (χ0n) is 7.91. The number of rotatable bonds is 2. The average Bonchev–Trinajstić information content (AvgIpc) is 2.05. The van der Waals surface area contributed by atoms with Gasteiger partial charge in [-0.3, -0.25) is 4.55 Å². The summed E-state index contributed by atoms with van der Waals surface area (Å²) in [5, 5.41) is 0. The van der Waals surface area contributed by atoms with Crippen molar-refractivity contribution >= 4 is 22.0 Å². The summed E-state index contributed by atoms with van der Waals surface area (Å²) in [5.74, 6) is 0. The first-order valence-electron chi connectivity index (χ1n) is 3.97. The van der Waals surface area contributed by atoms with Gasteiger partial charge in [-0.1, -0.05) is 18.2 Å². The summed E-state index contributed by atoms with van der Waals surface area (Å²) in [4.78, 5) is 10.9. The van der Waals surface area contributed by atoms with Crippen LogP contribution >= 0.6 is 0 Å². The maximum Gasteiger partial charge on any atom is 0.368 e. The summed E-state index contributed by atoms with van der Waals surface area (Å²) in [6.07, 6.45) is 0. The summed E-state index contributed by atoms with van der Waals surface area (Å²) in [7, 11) is -4.68. The maximum absolute atomic E-state index is 10.9. The molecule has 0 aliphatic rings. The molecule has 82 valence electrons. The third-order valence-corrected chi connectivity index (χ3v) is 2.60. The van der Waals surface area contributed by atoms with Gasteiger partial charge in [0.1, 0.15) is 0 Å². The predicted molar refractivity (Wildman–Crippen MR) is 54.8 cm³/mol. The van der Waals surface area contributed by atoms with Crippen molar-refractivity contribution in [1.29, 1.82) is 0 Å². The first-order chi connectivity index (χ1) is 6.84. The zero-order valence-corrected chi connectivity index (χ0v) is 8.73. The Bertz CT molecular complexity index is 483. The van der Waals surface area contributed by atoms with Crippen molar-refractivity contribution in [2.45, 2.75) is 6.92 Å². The number of carbonyl (C=O) groups excluding carboxylic acids is 1. The normalized spacial score (nSPS) is 11.1. The van der Waals surface area contributed by atoms with E-state index in [-0.39, 0.29) is 9.99 Å². The minimum Gasteiger partial charge on any atom is -0.350 e. The minimum absolute atomic E-state index is 0.0347. The highest BCUT2D eigenvalue weighted by Gasteiger charge is 2.26. The zero-order chi connectivity index (χ0) is 11.6. The van der Waals surface area contributed by atoms with Gasteiger partial charge in [-0.25, -0.2) is 4.79 Å². The molecule has 1 aromatic carbocycles. The van der Waals surface area contributed by atoms with Crippen LogP contribution in [0.4, 0.5) is 10.5 Å². The third kappa shape index (κ3) is 2.45. The molecule has 0 fully saturated rings. The number of anilines is 1. The van der Waals surface area contributed by atoms with Crippen LogP contribution < -0.4 is 10.0 Å². The van der Waals surface area contributed by atoms with Crippen LogP contribution in [-0.4, -0.2) is 19.0 Å². The molecule has 7 heteroatoms. The van der Waals surface area contributed by atoms with E-state index in [1.807, 2.05) is 0 Å². The molecule has 2 amide bonds. The SMILES string of the molecule is Cc1ccccc1N(C(N)=O)S(=O)(=O)O. The topological polar surface area (TPSA) is 101 Å². The number of para-hydroxylation sites is 1. The number of hydrogen-bond donors (Lipinski definition) is 2. The fraction of sp³-hybridized carbons (Fsp3) is 0.125. The van der Waals surface area contributed by atoms with Crippen molar-refractivity contribution in [3.8, 4) is 0 Å². The molecular weight excluding hydrogens is 220 g/mol. The van der Waals surface area contributed by atoms with Gasteiger partial charge in [0, 0.05) is 0 Å². The summed E-state index contributed by atoms with van der Waals surface area (Å²) in [6.45, 7) is 1.59. The van der Waals surface area contributed by atoms with Gasteiger partial charge in [0.25, 0.3) is 0 Å². The standard InChI is InChI=1S/C8H10N2O4S/c1-6-4-2-3-5-7(6)10(8(9)11)15(12,13)14/h2-5H,1H3,(H2,9,11)(H,12,13,14). The molecule has 0 saturated carbocycles. The molecule has 0 atom stereocenters. The Morgan fingerprint density at radius 2 is 1.93 bits per heavy atom. The number of aryl methyl sites for hydroxylation is 1. The number of carbonyl (C=O) groups is 1. The molecule has 1 aromatic rings. The van der Waals surface area contributed by atoms with Crippen LogP contribution in [0.2, 0.25) is 0 Å². The van der Waals surface area contributed by atoms with Crippen LogP contribution in [0.1, 0.15) is 5.56 Å². The highest BCUT2D eigenvalue weighted by atomic mass is 32.2. The van der Waals surface area contributed by atoms with E-state index in [9.17, 15) is 13.2 Å². The average molecular weight is 230 g/mol. The van der Waals surface area contributed by atoms with Gasteiger partial charge in [0.15, 0.2) is 0 Å². The number of urea groups is 1. The summed E-state index contributed by atoms with van der Waals surface area (Å²) in [6, 6.07) is 4.90. The van der Waals surface area contributed by atoms with Crippen molar-refractivity contribution in [2.75, 3.05) is 4.31 Å². The van der Waals surface area contributed by atoms with Gasteiger partial charge in [0.2, 0.25) is 0 Å². The Labute approximate surface area is 87.2 Å². The van der Waals surface area contributed by atoms with Crippen LogP contribution in [0, 0.1) is 6.92 Å². The molecule has 1 rings (SSSR count). The summed E-state index contributed by atoms with van der Waals surface area (Å²) >= 11 is 0. The molecule has 15 heavy (non-hydrogen) atoms. The van der Waals surface area contributed by atoms with Crippen molar-refractivity contribution in [2.24, 2.45) is 5.73 Å². The molecule has 0 aliphatic carbocycles. The number of primary amides is 1. The third-order valence-electron chi connectivity index (χ3n) is 1.77. The minimum atomic E-state index is -4.68. The second-order valence-electron chi connectivity index (χ2n) is 2.87. The Kier molecular flexibility index (Phi) is 2.96. The number of nitrogens with zero attached hydrogens (tertiary/aromatic N) is 1. The van der Waals surface area contributed by atoms with E-state index in [4.69, 9.17) is 10.3 Å². The predicted octanol–water partition coefficient (Wildman–Crippen LogP) is 0.683. The van der Waals surface area contributed by atoms with Crippen molar-refractivity contribution in [3.63, 3.8) is 0 Å². The molecule has 0 bridgehead atoms. The van der Waals surface area contributed by atoms with Gasteiger partial charge < -0.3 is 5.73 Å². The van der Waals surface area contributed by atoms with Gasteiger partial charge in [-0.15, -0.1) is 0 Å². The van der Waals surface area contributed by atoms with Crippen LogP contribution in [0.5, 0.6) is 0 Å². The molecular formula is C8H10N2O4S. The van der Waals surface area contributed by atoms with Crippen molar-refractivity contribution < 1.29 is 17.8 Å². The van der Waals surface area contributed by atoms with E-state index < -0.39 is 16.3 Å². The fourth-order valence-corrected chi connectivity index (χ4v) is 1.83. The van der Waals surface area contributed by atoms with E-state index in [1.165, 1.54) is 12.1 Å². The Morgan fingerprint density at radius 1 is 1.40 bits per heavy atom. The van der Waals surface area contributed by atoms with Gasteiger partial charge >= 0.3 is 16.3 Å². The van der Waals surface area contributed by atoms with Gasteiger partial charge in [-0.05, 0) is 18.6 Å². The Balaban J connectivity index is 3.36. The smallest absolute Gasteiger partial charge is 0.350 e. The van der Waals surface area contributed by atoms with E-state index in [2.05, 4.69) is 0 Å². The summed E-state index contributed by atoms with van der Waals surface area (Å²) < 4.78 is 30.8. The lowest BCUT2D eigenvalue weighted by Gasteiger charge is -2.17. The van der Waals surface area contributed by atoms with Crippen molar-refractivity contribution in [3.05, 3.63) is 29.8 Å². The van der Waals surface area contributed by atoms with Gasteiger partial charge in [0.05, 0.1) is 5.69 Å². The molecule has 0 aliphatic heterocycles. The summed E-state index contributed by atoms with van der Waals surface area (Å²) in [5.41, 5.74) is 5.41. The largest absolute Gasteiger partial charge is 0.368 e. The Hall–Kier alpha value is -1.60. The second-order valence-corrected chi connectivity index (χ2v) is 4.13. The number of benzene rings is 1. The van der Waals surface area contributed by atoms with E-state index in [1.54, 1.807) is 19.1 Å². The van der Waals surface area contributed by atoms with E-state index >= 15 is 0 Å².